The van der Waals surface area contributed by atoms with Gasteiger partial charge in [-0.1, -0.05) is 66.7 Å². The van der Waals surface area contributed by atoms with E-state index in [0.717, 1.165) is 5.56 Å². The number of hydrogen-bond donors (Lipinski definition) is 0. The van der Waals surface area contributed by atoms with Crippen LogP contribution in [-0.2, 0) is 16.2 Å². The molecule has 1 saturated heterocycles. The number of nitro benzene ring substituents is 1. The van der Waals surface area contributed by atoms with E-state index in [4.69, 9.17) is 21.7 Å². The second-order valence-electron chi connectivity index (χ2n) is 8.89. The smallest absolute Gasteiger partial charge is 0.280 e. The van der Waals surface area contributed by atoms with Gasteiger partial charge in [0.1, 0.15) is 12.2 Å². The Hall–Kier alpha value is -5.35. The van der Waals surface area contributed by atoms with Gasteiger partial charge in [-0.25, -0.2) is 0 Å². The highest BCUT2D eigenvalue weighted by atomic mass is 32.1. The van der Waals surface area contributed by atoms with Crippen LogP contribution in [0.25, 0.3) is 6.08 Å². The third-order valence-electron chi connectivity index (χ3n) is 6.32. The van der Waals surface area contributed by atoms with E-state index in [9.17, 15) is 19.7 Å². The molecule has 10 heteroatoms. The van der Waals surface area contributed by atoms with Crippen LogP contribution < -0.4 is 19.3 Å². The number of carbonyl (C=O) groups excluding carboxylic acids is 2. The molecule has 1 aliphatic rings. The SMILES string of the molecule is COc1cc(C=C2C(=O)N(c3ccccc3)C(=S)N(c3ccccc3)C2=O)c([N+](=O)[O-])cc1OCc1ccccc1. The lowest BCUT2D eigenvalue weighted by Crippen LogP contribution is -2.56. The van der Waals surface area contributed by atoms with Crippen LogP contribution >= 0.6 is 12.2 Å². The third kappa shape index (κ3) is 5.54. The fourth-order valence-electron chi connectivity index (χ4n) is 4.34. The van der Waals surface area contributed by atoms with Gasteiger partial charge in [0.25, 0.3) is 17.5 Å². The molecular weight excluding hydrogens is 542 g/mol. The van der Waals surface area contributed by atoms with Crippen molar-refractivity contribution in [2.45, 2.75) is 6.61 Å². The average Bonchev–Trinajstić information content (AvgIpc) is 2.99. The zero-order chi connectivity index (χ0) is 28.9. The van der Waals surface area contributed by atoms with Gasteiger partial charge in [-0.15, -0.1) is 0 Å². The maximum atomic E-state index is 13.8. The van der Waals surface area contributed by atoms with Crippen molar-refractivity contribution in [3.63, 3.8) is 0 Å². The molecule has 1 aliphatic heterocycles. The molecule has 4 aromatic carbocycles. The highest BCUT2D eigenvalue weighted by molar-refractivity contribution is 7.81. The number of nitrogens with zero attached hydrogens (tertiary/aromatic N) is 3. The van der Waals surface area contributed by atoms with Gasteiger partial charge in [-0.05, 0) is 54.2 Å². The van der Waals surface area contributed by atoms with Gasteiger partial charge in [0.2, 0.25) is 0 Å². The quantitative estimate of drug-likeness (QED) is 0.0858. The summed E-state index contributed by atoms with van der Waals surface area (Å²) in [7, 11) is 1.40. The molecule has 9 nitrogen and oxygen atoms in total. The van der Waals surface area contributed by atoms with Crippen LogP contribution in [0.1, 0.15) is 11.1 Å². The second kappa shape index (κ2) is 11.8. The number of nitro groups is 1. The summed E-state index contributed by atoms with van der Waals surface area (Å²) in [5.41, 5.74) is 1.06. The molecule has 0 N–H and O–H groups in total. The number of para-hydroxylation sites is 2. The molecule has 2 amide bonds. The molecule has 1 heterocycles. The number of carbonyl (C=O) groups is 2. The minimum atomic E-state index is -0.712. The first-order valence-corrected chi connectivity index (χ1v) is 12.9. The fraction of sp³-hybridized carbons (Fsp3) is 0.0645. The summed E-state index contributed by atoms with van der Waals surface area (Å²) < 4.78 is 11.3. The highest BCUT2D eigenvalue weighted by Gasteiger charge is 2.41. The molecule has 5 rings (SSSR count). The highest BCUT2D eigenvalue weighted by Crippen LogP contribution is 2.38. The minimum absolute atomic E-state index is 0.00977. The van der Waals surface area contributed by atoms with Gasteiger partial charge in [0, 0.05) is 0 Å². The summed E-state index contributed by atoms with van der Waals surface area (Å²) in [5, 5.41) is 12.1. The number of rotatable bonds is 8. The van der Waals surface area contributed by atoms with Gasteiger partial charge in [-0.2, -0.15) is 0 Å². The van der Waals surface area contributed by atoms with Crippen molar-refractivity contribution in [2.24, 2.45) is 0 Å². The molecule has 1 fully saturated rings. The lowest BCUT2D eigenvalue weighted by Gasteiger charge is -2.36. The van der Waals surface area contributed by atoms with Crippen LogP contribution in [0.3, 0.4) is 0 Å². The Morgan fingerprint density at radius 1 is 0.805 bits per heavy atom. The van der Waals surface area contributed by atoms with Crippen LogP contribution in [0.5, 0.6) is 11.5 Å². The van der Waals surface area contributed by atoms with Crippen molar-refractivity contribution < 1.29 is 24.0 Å². The number of anilines is 2. The van der Waals surface area contributed by atoms with E-state index in [1.54, 1.807) is 60.7 Å². The minimum Gasteiger partial charge on any atom is -0.493 e. The summed E-state index contributed by atoms with van der Waals surface area (Å²) in [6.07, 6.45) is 1.19. The van der Waals surface area contributed by atoms with Crippen LogP contribution in [0, 0.1) is 10.1 Å². The summed E-state index contributed by atoms with van der Waals surface area (Å²) in [6, 6.07) is 29.2. The van der Waals surface area contributed by atoms with Gasteiger partial charge in [0.15, 0.2) is 16.6 Å². The number of thiocarbonyl (C=S) groups is 1. The van der Waals surface area contributed by atoms with E-state index in [-0.39, 0.29) is 40.0 Å². The van der Waals surface area contributed by atoms with Crippen LogP contribution in [0.2, 0.25) is 0 Å². The van der Waals surface area contributed by atoms with Crippen LogP contribution in [-0.4, -0.2) is 29.0 Å². The molecule has 0 radical (unpaired) electrons. The Morgan fingerprint density at radius 2 is 1.32 bits per heavy atom. The zero-order valence-electron chi connectivity index (χ0n) is 21.8. The lowest BCUT2D eigenvalue weighted by molar-refractivity contribution is -0.385. The van der Waals surface area contributed by atoms with E-state index < -0.39 is 16.7 Å². The molecule has 0 bridgehead atoms. The normalized spacial score (nSPS) is 13.3. The Morgan fingerprint density at radius 3 is 1.80 bits per heavy atom. The lowest BCUT2D eigenvalue weighted by atomic mass is 10.0. The largest absolute Gasteiger partial charge is 0.493 e. The van der Waals surface area contributed by atoms with E-state index in [1.807, 2.05) is 30.3 Å². The number of hydrogen-bond acceptors (Lipinski definition) is 7. The number of benzene rings is 4. The van der Waals surface area contributed by atoms with Crippen molar-refractivity contribution in [1.82, 2.24) is 0 Å². The molecule has 0 unspecified atom stereocenters. The zero-order valence-corrected chi connectivity index (χ0v) is 22.6. The molecule has 0 aromatic heterocycles. The topological polar surface area (TPSA) is 102 Å². The van der Waals surface area contributed by atoms with Gasteiger partial charge >= 0.3 is 0 Å². The second-order valence-corrected chi connectivity index (χ2v) is 9.25. The van der Waals surface area contributed by atoms with E-state index in [1.165, 1.54) is 35.1 Å². The molecule has 0 spiro atoms. The van der Waals surface area contributed by atoms with E-state index >= 15 is 0 Å². The van der Waals surface area contributed by atoms with E-state index in [2.05, 4.69) is 0 Å². The number of amides is 2. The molecule has 0 atom stereocenters. The third-order valence-corrected chi connectivity index (χ3v) is 6.69. The molecule has 41 heavy (non-hydrogen) atoms. The average molecular weight is 566 g/mol. The number of ether oxygens (including phenoxy) is 2. The van der Waals surface area contributed by atoms with Crippen molar-refractivity contribution in [1.29, 1.82) is 0 Å². The molecule has 204 valence electrons. The van der Waals surface area contributed by atoms with Gasteiger partial charge in [0.05, 0.1) is 35.0 Å². The number of methoxy groups -OCH3 is 1. The molecular formula is C31H23N3O6S. The van der Waals surface area contributed by atoms with Crippen molar-refractivity contribution in [3.05, 3.63) is 130 Å². The first kappa shape index (κ1) is 27.2. The van der Waals surface area contributed by atoms with Crippen LogP contribution in [0.15, 0.2) is 109 Å². The Kier molecular flexibility index (Phi) is 7.84. The van der Waals surface area contributed by atoms with Crippen LogP contribution in [0.4, 0.5) is 17.1 Å². The van der Waals surface area contributed by atoms with Gasteiger partial charge < -0.3 is 9.47 Å². The Bertz CT molecular complexity index is 1600. The predicted octanol–water partition coefficient (Wildman–Crippen LogP) is 5.93. The van der Waals surface area contributed by atoms with E-state index in [0.29, 0.717) is 11.4 Å². The summed E-state index contributed by atoms with van der Waals surface area (Å²) in [6.45, 7) is 0.154. The Labute approximate surface area is 241 Å². The molecule has 0 aliphatic carbocycles. The summed E-state index contributed by atoms with van der Waals surface area (Å²) in [4.78, 5) is 41.6. The first-order chi connectivity index (χ1) is 19.9. The standard InChI is InChI=1S/C31H23N3O6S/c1-39-27-18-22(26(34(37)38)19-28(27)40-20-21-11-5-2-6-12-21)17-25-29(35)32(23-13-7-3-8-14-23)31(41)33(30(25)36)24-15-9-4-10-16-24/h2-19H,20H2,1H3. The van der Waals surface area contributed by atoms with Crippen molar-refractivity contribution in [3.8, 4) is 11.5 Å². The predicted molar refractivity (Wildman–Crippen MR) is 159 cm³/mol. The van der Waals surface area contributed by atoms with Crippen molar-refractivity contribution in [2.75, 3.05) is 16.9 Å². The molecule has 4 aromatic rings. The summed E-state index contributed by atoms with van der Waals surface area (Å²) >= 11 is 5.62. The molecule has 0 saturated carbocycles. The summed E-state index contributed by atoms with van der Waals surface area (Å²) in [5.74, 6) is -1.08. The Balaban J connectivity index is 1.61. The first-order valence-electron chi connectivity index (χ1n) is 12.5. The van der Waals surface area contributed by atoms with Crippen molar-refractivity contribution >= 4 is 52.3 Å². The maximum Gasteiger partial charge on any atom is 0.280 e. The maximum absolute atomic E-state index is 13.8. The monoisotopic (exact) mass is 565 g/mol. The fourth-order valence-corrected chi connectivity index (χ4v) is 4.72. The van der Waals surface area contributed by atoms with Gasteiger partial charge in [-0.3, -0.25) is 29.5 Å².